The van der Waals surface area contributed by atoms with E-state index < -0.39 is 0 Å². The van der Waals surface area contributed by atoms with Crippen LogP contribution in [0.5, 0.6) is 5.75 Å². The van der Waals surface area contributed by atoms with E-state index >= 15 is 0 Å². The van der Waals surface area contributed by atoms with Crippen LogP contribution in [0.25, 0.3) is 0 Å². The van der Waals surface area contributed by atoms with E-state index in [1.807, 2.05) is 17.0 Å². The third-order valence-corrected chi connectivity index (χ3v) is 6.00. The molecule has 1 saturated heterocycles. The van der Waals surface area contributed by atoms with E-state index in [0.717, 1.165) is 62.8 Å². The smallest absolute Gasteiger partial charge is 0.223 e. The number of fused-ring (bicyclic) bond motifs is 1. The van der Waals surface area contributed by atoms with E-state index in [4.69, 9.17) is 9.47 Å². The van der Waals surface area contributed by atoms with Crippen molar-refractivity contribution in [3.63, 3.8) is 0 Å². The number of aromatic nitrogens is 3. The van der Waals surface area contributed by atoms with Gasteiger partial charge in [-0.3, -0.25) is 4.79 Å². The molecule has 1 aromatic carbocycles. The predicted molar refractivity (Wildman–Crippen MR) is 109 cm³/mol. The van der Waals surface area contributed by atoms with Gasteiger partial charge >= 0.3 is 0 Å². The number of rotatable bonds is 6. The minimum absolute atomic E-state index is 0.201. The minimum Gasteiger partial charge on any atom is -0.497 e. The number of amides is 1. The molecule has 1 aromatic heterocycles. The lowest BCUT2D eigenvalue weighted by molar-refractivity contribution is -0.133. The zero-order valence-corrected chi connectivity index (χ0v) is 17.3. The van der Waals surface area contributed by atoms with Gasteiger partial charge in [-0.05, 0) is 50.3 Å². The second-order valence-electron chi connectivity index (χ2n) is 8.06. The van der Waals surface area contributed by atoms with Gasteiger partial charge in [0.25, 0.3) is 0 Å². The topological polar surface area (TPSA) is 69.5 Å². The van der Waals surface area contributed by atoms with Gasteiger partial charge in [-0.25, -0.2) is 0 Å². The van der Waals surface area contributed by atoms with Crippen LogP contribution in [0, 0.1) is 0 Å². The number of carbonyl (C=O) groups excluding carboxylic acids is 1. The van der Waals surface area contributed by atoms with Crippen molar-refractivity contribution in [1.82, 2.24) is 19.7 Å². The summed E-state index contributed by atoms with van der Waals surface area (Å²) in [6.45, 7) is 5.02. The van der Waals surface area contributed by atoms with Crippen LogP contribution in [0.1, 0.15) is 61.8 Å². The van der Waals surface area contributed by atoms with Crippen molar-refractivity contribution in [2.75, 3.05) is 26.9 Å². The minimum atomic E-state index is 0.201. The van der Waals surface area contributed by atoms with Gasteiger partial charge in [0, 0.05) is 32.1 Å². The number of carbonyl (C=O) groups is 1. The molecular formula is C22H30N4O3. The molecule has 3 heterocycles. The fraction of sp³-hybridized carbons (Fsp3) is 0.591. The van der Waals surface area contributed by atoms with Crippen molar-refractivity contribution in [1.29, 1.82) is 0 Å². The molecule has 1 amide bonds. The molecule has 4 rings (SSSR count). The van der Waals surface area contributed by atoms with Crippen LogP contribution >= 0.6 is 0 Å². The first kappa shape index (κ1) is 19.9. The van der Waals surface area contributed by atoms with Gasteiger partial charge in [0.2, 0.25) is 5.91 Å². The van der Waals surface area contributed by atoms with Gasteiger partial charge in [0.15, 0.2) is 5.82 Å². The Morgan fingerprint density at radius 1 is 1.21 bits per heavy atom. The maximum absolute atomic E-state index is 12.8. The Hall–Kier alpha value is -2.41. The molecular weight excluding hydrogens is 368 g/mol. The van der Waals surface area contributed by atoms with Crippen LogP contribution in [0.15, 0.2) is 24.3 Å². The van der Waals surface area contributed by atoms with Crippen LogP contribution < -0.4 is 4.74 Å². The fourth-order valence-corrected chi connectivity index (χ4v) is 4.38. The molecule has 0 bridgehead atoms. The normalized spacial score (nSPS) is 19.8. The third-order valence-electron chi connectivity index (χ3n) is 6.00. The maximum Gasteiger partial charge on any atom is 0.223 e. The summed E-state index contributed by atoms with van der Waals surface area (Å²) in [5.41, 5.74) is 1.23. The average molecular weight is 399 g/mol. The Balaban J connectivity index is 1.33. The predicted octanol–water partition coefficient (Wildman–Crippen LogP) is 3.11. The monoisotopic (exact) mass is 398 g/mol. The molecule has 0 radical (unpaired) electrons. The quantitative estimate of drug-likeness (QED) is 0.748. The first-order valence-corrected chi connectivity index (χ1v) is 10.6. The van der Waals surface area contributed by atoms with Crippen molar-refractivity contribution in [3.05, 3.63) is 41.5 Å². The summed E-state index contributed by atoms with van der Waals surface area (Å²) in [6.07, 6.45) is 4.29. The van der Waals surface area contributed by atoms with Gasteiger partial charge < -0.3 is 18.9 Å². The summed E-state index contributed by atoms with van der Waals surface area (Å²) >= 11 is 0. The second-order valence-corrected chi connectivity index (χ2v) is 8.06. The zero-order chi connectivity index (χ0) is 20.2. The van der Waals surface area contributed by atoms with E-state index in [2.05, 4.69) is 33.8 Å². The first-order valence-electron chi connectivity index (χ1n) is 10.6. The van der Waals surface area contributed by atoms with E-state index in [0.29, 0.717) is 18.9 Å². The molecule has 7 heteroatoms. The lowest BCUT2D eigenvalue weighted by Crippen LogP contribution is -2.41. The number of nitrogens with zero attached hydrogens (tertiary/aromatic N) is 4. The summed E-state index contributed by atoms with van der Waals surface area (Å²) < 4.78 is 12.9. The van der Waals surface area contributed by atoms with E-state index in [9.17, 15) is 4.79 Å². The van der Waals surface area contributed by atoms with E-state index in [-0.39, 0.29) is 11.9 Å². The maximum atomic E-state index is 12.8. The molecule has 0 aliphatic carbocycles. The van der Waals surface area contributed by atoms with E-state index in [1.54, 1.807) is 7.11 Å². The highest BCUT2D eigenvalue weighted by Crippen LogP contribution is 2.31. The molecule has 156 valence electrons. The zero-order valence-electron chi connectivity index (χ0n) is 17.3. The number of benzene rings is 1. The van der Waals surface area contributed by atoms with Crippen LogP contribution in [0.4, 0.5) is 0 Å². The standard InChI is InChI=1S/C22H30N4O3/c1-16-14-25(21(27)5-3-4-17-6-8-19(28-2)9-7-17)15-20-23-24-22(26(16)20)18-10-12-29-13-11-18/h6-9,16,18H,3-5,10-15H2,1-2H3/t16-/m0/s1. The summed E-state index contributed by atoms with van der Waals surface area (Å²) in [7, 11) is 1.67. The Morgan fingerprint density at radius 3 is 2.69 bits per heavy atom. The fourth-order valence-electron chi connectivity index (χ4n) is 4.38. The largest absolute Gasteiger partial charge is 0.497 e. The highest BCUT2D eigenvalue weighted by atomic mass is 16.5. The van der Waals surface area contributed by atoms with Crippen molar-refractivity contribution in [2.45, 2.75) is 57.5 Å². The van der Waals surface area contributed by atoms with Gasteiger partial charge in [0.1, 0.15) is 11.6 Å². The summed E-state index contributed by atoms with van der Waals surface area (Å²) in [5.74, 6) is 3.46. The van der Waals surface area contributed by atoms with Crippen LogP contribution in [-0.2, 0) is 22.5 Å². The molecule has 29 heavy (non-hydrogen) atoms. The number of ether oxygens (including phenoxy) is 2. The average Bonchev–Trinajstić information content (AvgIpc) is 3.19. The van der Waals surface area contributed by atoms with Crippen molar-refractivity contribution in [3.8, 4) is 5.75 Å². The van der Waals surface area contributed by atoms with Crippen molar-refractivity contribution < 1.29 is 14.3 Å². The highest BCUT2D eigenvalue weighted by molar-refractivity contribution is 5.76. The molecule has 0 spiro atoms. The molecule has 0 unspecified atom stereocenters. The van der Waals surface area contributed by atoms with Gasteiger partial charge in [-0.1, -0.05) is 12.1 Å². The molecule has 0 N–H and O–H groups in total. The SMILES string of the molecule is COc1ccc(CCCC(=O)N2Cc3nnc(C4CCOCC4)n3[C@@H](C)C2)cc1. The van der Waals surface area contributed by atoms with Gasteiger partial charge in [0.05, 0.1) is 19.7 Å². The Kier molecular flexibility index (Phi) is 6.13. The second kappa shape index (κ2) is 8.95. The first-order chi connectivity index (χ1) is 14.2. The molecule has 2 aromatic rings. The van der Waals surface area contributed by atoms with Crippen molar-refractivity contribution in [2.24, 2.45) is 0 Å². The summed E-state index contributed by atoms with van der Waals surface area (Å²) in [4.78, 5) is 14.7. The third kappa shape index (κ3) is 4.45. The molecule has 7 nitrogen and oxygen atoms in total. The molecule has 2 aliphatic heterocycles. The molecule has 1 fully saturated rings. The van der Waals surface area contributed by atoms with Gasteiger partial charge in [-0.2, -0.15) is 0 Å². The number of aryl methyl sites for hydroxylation is 1. The van der Waals surface area contributed by atoms with Crippen molar-refractivity contribution >= 4 is 5.91 Å². The molecule has 1 atom stereocenters. The molecule has 0 saturated carbocycles. The lowest BCUT2D eigenvalue weighted by atomic mass is 9.98. The molecule has 2 aliphatic rings. The van der Waals surface area contributed by atoms with E-state index in [1.165, 1.54) is 5.56 Å². The Bertz CT molecular complexity index is 827. The van der Waals surface area contributed by atoms with Gasteiger partial charge in [-0.15, -0.1) is 10.2 Å². The van der Waals surface area contributed by atoms with Crippen LogP contribution in [0.2, 0.25) is 0 Å². The van der Waals surface area contributed by atoms with Crippen LogP contribution in [0.3, 0.4) is 0 Å². The lowest BCUT2D eigenvalue weighted by Gasteiger charge is -2.34. The highest BCUT2D eigenvalue weighted by Gasteiger charge is 2.32. The number of hydrogen-bond donors (Lipinski definition) is 0. The summed E-state index contributed by atoms with van der Waals surface area (Å²) in [6, 6.07) is 8.26. The number of hydrogen-bond acceptors (Lipinski definition) is 5. The number of methoxy groups -OCH3 is 1. The Labute approximate surface area is 172 Å². The van der Waals surface area contributed by atoms with Crippen LogP contribution in [-0.4, -0.2) is 52.4 Å². The Morgan fingerprint density at radius 2 is 1.97 bits per heavy atom. The summed E-state index contributed by atoms with van der Waals surface area (Å²) in [5, 5.41) is 8.92.